The first kappa shape index (κ1) is 23.0. The van der Waals surface area contributed by atoms with Crippen molar-refractivity contribution >= 4 is 33.7 Å². The van der Waals surface area contributed by atoms with Crippen molar-refractivity contribution in [3.8, 4) is 17.6 Å². The van der Waals surface area contributed by atoms with Gasteiger partial charge in [-0.3, -0.25) is 10.1 Å². The van der Waals surface area contributed by atoms with Gasteiger partial charge in [0, 0.05) is 23.9 Å². The van der Waals surface area contributed by atoms with Gasteiger partial charge in [-0.15, -0.1) is 0 Å². The van der Waals surface area contributed by atoms with E-state index in [2.05, 4.69) is 27.0 Å². The lowest BCUT2D eigenvalue weighted by Crippen LogP contribution is -2.01. The van der Waals surface area contributed by atoms with Crippen LogP contribution >= 0.6 is 15.9 Å². The van der Waals surface area contributed by atoms with E-state index >= 15 is 0 Å². The maximum Gasteiger partial charge on any atom is 0.269 e. The molecular weight excluding hydrogens is 478 g/mol. The standard InChI is InChI=1S/C23H20BrN3O5/c1-4-30-21-10-17(12-26-23-19(11-25)14(2)15(3)32-23)9-20(24)22(21)31-13-16-5-7-18(8-6-16)27(28)29/h5-10,12H,4,13H2,1-3H3. The second kappa shape index (κ2) is 10.1. The number of benzene rings is 2. The number of hydrogen-bond acceptors (Lipinski definition) is 7. The molecule has 0 saturated heterocycles. The molecule has 0 spiro atoms. The molecule has 1 heterocycles. The van der Waals surface area contributed by atoms with E-state index in [1.165, 1.54) is 12.1 Å². The molecule has 0 saturated carbocycles. The summed E-state index contributed by atoms with van der Waals surface area (Å²) < 4.78 is 17.9. The van der Waals surface area contributed by atoms with Crippen LogP contribution in [0.4, 0.5) is 11.6 Å². The van der Waals surface area contributed by atoms with Gasteiger partial charge >= 0.3 is 0 Å². The lowest BCUT2D eigenvalue weighted by Gasteiger charge is -2.14. The minimum atomic E-state index is -0.445. The van der Waals surface area contributed by atoms with Gasteiger partial charge in [0.25, 0.3) is 5.69 Å². The molecule has 0 aliphatic heterocycles. The minimum Gasteiger partial charge on any atom is -0.490 e. The highest BCUT2D eigenvalue weighted by atomic mass is 79.9. The number of ether oxygens (including phenoxy) is 2. The summed E-state index contributed by atoms with van der Waals surface area (Å²) in [5.74, 6) is 1.93. The molecule has 164 valence electrons. The number of halogens is 1. The molecule has 0 atom stereocenters. The van der Waals surface area contributed by atoms with Gasteiger partial charge in [0.1, 0.15) is 24.0 Å². The molecule has 0 aliphatic carbocycles. The summed E-state index contributed by atoms with van der Waals surface area (Å²) in [6.07, 6.45) is 1.59. The fourth-order valence-corrected chi connectivity index (χ4v) is 3.47. The first-order chi connectivity index (χ1) is 15.3. The lowest BCUT2D eigenvalue weighted by atomic mass is 10.2. The summed E-state index contributed by atoms with van der Waals surface area (Å²) >= 11 is 3.51. The quantitative estimate of drug-likeness (QED) is 0.209. The number of non-ortho nitro benzene ring substituents is 1. The van der Waals surface area contributed by atoms with Crippen molar-refractivity contribution in [1.82, 2.24) is 0 Å². The number of nitro groups is 1. The highest BCUT2D eigenvalue weighted by molar-refractivity contribution is 9.10. The van der Waals surface area contributed by atoms with E-state index in [1.54, 1.807) is 31.3 Å². The summed E-state index contributed by atoms with van der Waals surface area (Å²) in [4.78, 5) is 14.7. The Hall–Kier alpha value is -3.64. The number of nitro benzene ring substituents is 1. The van der Waals surface area contributed by atoms with Crippen LogP contribution in [0, 0.1) is 35.3 Å². The number of aliphatic imine (C=N–C) groups is 1. The fourth-order valence-electron chi connectivity index (χ4n) is 2.90. The predicted octanol–water partition coefficient (Wildman–Crippen LogP) is 6.17. The maximum atomic E-state index is 10.8. The summed E-state index contributed by atoms with van der Waals surface area (Å²) in [7, 11) is 0. The Kier molecular flexibility index (Phi) is 7.28. The first-order valence-electron chi connectivity index (χ1n) is 9.70. The maximum absolute atomic E-state index is 10.8. The Morgan fingerprint density at radius 1 is 1.25 bits per heavy atom. The highest BCUT2D eigenvalue weighted by Crippen LogP contribution is 2.37. The van der Waals surface area contributed by atoms with Crippen LogP contribution in [-0.4, -0.2) is 17.7 Å². The van der Waals surface area contributed by atoms with Gasteiger partial charge in [-0.25, -0.2) is 4.99 Å². The Balaban J connectivity index is 1.84. The van der Waals surface area contributed by atoms with E-state index < -0.39 is 4.92 Å². The molecule has 3 aromatic rings. The molecule has 0 radical (unpaired) electrons. The number of nitrogens with zero attached hydrogens (tertiary/aromatic N) is 3. The normalized spacial score (nSPS) is 10.8. The number of furan rings is 1. The van der Waals surface area contributed by atoms with Gasteiger partial charge in [-0.1, -0.05) is 0 Å². The molecule has 0 amide bonds. The van der Waals surface area contributed by atoms with Crippen molar-refractivity contribution in [1.29, 1.82) is 5.26 Å². The molecule has 0 fully saturated rings. The van der Waals surface area contributed by atoms with Crippen molar-refractivity contribution in [2.75, 3.05) is 6.61 Å². The average molecular weight is 498 g/mol. The summed E-state index contributed by atoms with van der Waals surface area (Å²) in [6.45, 7) is 6.10. The van der Waals surface area contributed by atoms with Gasteiger partial charge in [-0.2, -0.15) is 5.26 Å². The Morgan fingerprint density at radius 3 is 2.59 bits per heavy atom. The largest absolute Gasteiger partial charge is 0.490 e. The molecule has 0 N–H and O–H groups in total. The number of aryl methyl sites for hydroxylation is 1. The smallest absolute Gasteiger partial charge is 0.269 e. The van der Waals surface area contributed by atoms with E-state index in [4.69, 9.17) is 13.9 Å². The first-order valence-corrected chi connectivity index (χ1v) is 10.5. The van der Waals surface area contributed by atoms with Crippen LogP contribution in [0.15, 0.2) is 50.3 Å². The lowest BCUT2D eigenvalue weighted by molar-refractivity contribution is -0.384. The molecule has 8 nitrogen and oxygen atoms in total. The second-order valence-electron chi connectivity index (χ2n) is 6.81. The van der Waals surface area contributed by atoms with Gasteiger partial charge in [0.2, 0.25) is 5.88 Å². The third-order valence-corrected chi connectivity index (χ3v) is 5.26. The monoisotopic (exact) mass is 497 g/mol. The number of nitriles is 1. The summed E-state index contributed by atoms with van der Waals surface area (Å²) in [6, 6.07) is 11.9. The Morgan fingerprint density at radius 2 is 1.97 bits per heavy atom. The van der Waals surface area contributed by atoms with E-state index in [0.29, 0.717) is 33.9 Å². The molecular formula is C23H20BrN3O5. The van der Waals surface area contributed by atoms with E-state index in [0.717, 1.165) is 16.7 Å². The van der Waals surface area contributed by atoms with Crippen LogP contribution in [0.25, 0.3) is 0 Å². The molecule has 0 unspecified atom stereocenters. The summed E-state index contributed by atoms with van der Waals surface area (Å²) in [5, 5.41) is 20.1. The average Bonchev–Trinajstić information content (AvgIpc) is 3.05. The van der Waals surface area contributed by atoms with Crippen molar-refractivity contribution in [2.45, 2.75) is 27.4 Å². The molecule has 0 aliphatic rings. The van der Waals surface area contributed by atoms with Crippen LogP contribution < -0.4 is 9.47 Å². The van der Waals surface area contributed by atoms with Crippen molar-refractivity contribution in [2.24, 2.45) is 4.99 Å². The Labute approximate surface area is 193 Å². The van der Waals surface area contributed by atoms with E-state index in [1.807, 2.05) is 19.9 Å². The SMILES string of the molecule is CCOc1cc(C=Nc2oc(C)c(C)c2C#N)cc(Br)c1OCc1ccc([N+](=O)[O-])cc1. The van der Waals surface area contributed by atoms with Gasteiger partial charge in [-0.05, 0) is 72.1 Å². The van der Waals surface area contributed by atoms with E-state index in [9.17, 15) is 15.4 Å². The van der Waals surface area contributed by atoms with Crippen molar-refractivity contribution in [3.63, 3.8) is 0 Å². The third kappa shape index (κ3) is 5.15. The summed E-state index contributed by atoms with van der Waals surface area (Å²) in [5.41, 5.74) is 2.70. The zero-order chi connectivity index (χ0) is 23.3. The third-order valence-electron chi connectivity index (χ3n) is 4.67. The molecule has 32 heavy (non-hydrogen) atoms. The number of hydrogen-bond donors (Lipinski definition) is 0. The second-order valence-corrected chi connectivity index (χ2v) is 7.66. The highest BCUT2D eigenvalue weighted by Gasteiger charge is 2.15. The molecule has 1 aromatic heterocycles. The van der Waals surface area contributed by atoms with Crippen molar-refractivity contribution < 1.29 is 18.8 Å². The Bertz CT molecular complexity index is 1210. The fraction of sp³-hybridized carbons (Fsp3) is 0.217. The van der Waals surface area contributed by atoms with Gasteiger partial charge in [0.15, 0.2) is 11.5 Å². The van der Waals surface area contributed by atoms with E-state index in [-0.39, 0.29) is 18.2 Å². The molecule has 0 bridgehead atoms. The zero-order valence-electron chi connectivity index (χ0n) is 17.7. The van der Waals surface area contributed by atoms with Crippen LogP contribution in [0.1, 0.15) is 34.9 Å². The predicted molar refractivity (Wildman–Crippen MR) is 123 cm³/mol. The number of rotatable bonds is 8. The van der Waals surface area contributed by atoms with Crippen LogP contribution in [0.3, 0.4) is 0 Å². The van der Waals surface area contributed by atoms with Crippen LogP contribution in [0.2, 0.25) is 0 Å². The molecule has 3 rings (SSSR count). The molecule has 2 aromatic carbocycles. The minimum absolute atomic E-state index is 0.0232. The van der Waals surface area contributed by atoms with Crippen molar-refractivity contribution in [3.05, 3.63) is 79.0 Å². The zero-order valence-corrected chi connectivity index (χ0v) is 19.3. The van der Waals surface area contributed by atoms with Gasteiger partial charge in [0.05, 0.1) is 16.0 Å². The van der Waals surface area contributed by atoms with Crippen LogP contribution in [-0.2, 0) is 6.61 Å². The van der Waals surface area contributed by atoms with Gasteiger partial charge < -0.3 is 13.9 Å². The molecule has 9 heteroatoms. The van der Waals surface area contributed by atoms with Crippen LogP contribution in [0.5, 0.6) is 11.5 Å². The topological polar surface area (TPSA) is 111 Å².